The number of benzene rings is 1. The molecule has 124 valence electrons. The third kappa shape index (κ3) is 3.44. The number of hydrogen-bond donors (Lipinski definition) is 0. The maximum Gasteiger partial charge on any atom is 0.0447 e. The Kier molecular flexibility index (Phi) is 4.48. The van der Waals surface area contributed by atoms with Gasteiger partial charge >= 0.3 is 0 Å². The van der Waals surface area contributed by atoms with Crippen LogP contribution in [0, 0.1) is 6.92 Å². The first-order valence-electron chi connectivity index (χ1n) is 9.20. The zero-order valence-corrected chi connectivity index (χ0v) is 14.5. The third-order valence-corrected chi connectivity index (χ3v) is 5.42. The second kappa shape index (κ2) is 6.90. The number of fused-ring (bicyclic) bond motifs is 2. The molecular formula is C22H26N2. The average Bonchev–Trinajstić information content (AvgIpc) is 2.56. The summed E-state index contributed by atoms with van der Waals surface area (Å²) in [6, 6.07) is 18.6. The first-order valence-corrected chi connectivity index (χ1v) is 9.20. The summed E-state index contributed by atoms with van der Waals surface area (Å²) in [5.74, 6) is 0. The Bertz CT molecular complexity index is 720. The van der Waals surface area contributed by atoms with Crippen LogP contribution >= 0.6 is 0 Å². The van der Waals surface area contributed by atoms with E-state index in [-0.39, 0.29) is 0 Å². The Morgan fingerprint density at radius 1 is 1.04 bits per heavy atom. The van der Waals surface area contributed by atoms with E-state index in [0.717, 1.165) is 18.7 Å². The van der Waals surface area contributed by atoms with Crippen LogP contribution in [0.2, 0.25) is 0 Å². The Hall–Kier alpha value is -1.93. The molecule has 0 amide bonds. The summed E-state index contributed by atoms with van der Waals surface area (Å²) in [6.07, 6.45) is 8.78. The molecule has 0 N–H and O–H groups in total. The van der Waals surface area contributed by atoms with Gasteiger partial charge in [-0.1, -0.05) is 54.5 Å². The Morgan fingerprint density at radius 2 is 1.92 bits per heavy atom. The summed E-state index contributed by atoms with van der Waals surface area (Å²) in [6.45, 7) is 3.16. The molecule has 2 aliphatic heterocycles. The van der Waals surface area contributed by atoms with Crippen molar-refractivity contribution in [3.05, 3.63) is 77.1 Å². The van der Waals surface area contributed by atoms with Crippen LogP contribution < -0.4 is 0 Å². The first-order chi connectivity index (χ1) is 11.8. The summed E-state index contributed by atoms with van der Waals surface area (Å²) >= 11 is 0. The summed E-state index contributed by atoms with van der Waals surface area (Å²) in [4.78, 5) is 7.42. The Labute approximate surface area is 145 Å². The molecule has 24 heavy (non-hydrogen) atoms. The summed E-state index contributed by atoms with van der Waals surface area (Å²) in [5, 5.41) is 0. The highest BCUT2D eigenvalue weighted by molar-refractivity contribution is 5.24. The van der Waals surface area contributed by atoms with E-state index in [9.17, 15) is 0 Å². The molecule has 2 aliphatic rings. The van der Waals surface area contributed by atoms with E-state index >= 15 is 0 Å². The van der Waals surface area contributed by atoms with Gasteiger partial charge in [0.05, 0.1) is 0 Å². The second-order valence-corrected chi connectivity index (χ2v) is 7.29. The van der Waals surface area contributed by atoms with Crippen molar-refractivity contribution in [3.63, 3.8) is 0 Å². The van der Waals surface area contributed by atoms with Crippen molar-refractivity contribution in [3.8, 4) is 0 Å². The number of aryl methyl sites for hydroxylation is 1. The van der Waals surface area contributed by atoms with E-state index < -0.39 is 0 Å². The van der Waals surface area contributed by atoms with Crippen molar-refractivity contribution in [1.29, 1.82) is 0 Å². The molecule has 1 aromatic heterocycles. The molecule has 2 unspecified atom stereocenters. The predicted octanol–water partition coefficient (Wildman–Crippen LogP) is 4.69. The topological polar surface area (TPSA) is 16.1 Å². The largest absolute Gasteiger partial charge is 0.289 e. The molecule has 2 nitrogen and oxygen atoms in total. The van der Waals surface area contributed by atoms with Gasteiger partial charge in [0, 0.05) is 36.4 Å². The zero-order valence-electron chi connectivity index (χ0n) is 14.5. The predicted molar refractivity (Wildman–Crippen MR) is 98.8 cm³/mol. The summed E-state index contributed by atoms with van der Waals surface area (Å²) < 4.78 is 0. The fraction of sp³-hybridized carbons (Fsp3) is 0.409. The maximum absolute atomic E-state index is 4.69. The summed E-state index contributed by atoms with van der Waals surface area (Å²) in [7, 11) is 0. The van der Waals surface area contributed by atoms with Crippen molar-refractivity contribution in [1.82, 2.24) is 9.88 Å². The zero-order chi connectivity index (χ0) is 16.4. The fourth-order valence-corrected chi connectivity index (χ4v) is 4.31. The molecule has 1 saturated heterocycles. The van der Waals surface area contributed by atoms with Crippen LogP contribution in [0.4, 0.5) is 0 Å². The lowest BCUT2D eigenvalue weighted by atomic mass is 9.83. The minimum absolute atomic E-state index is 0.609. The molecular weight excluding hydrogens is 292 g/mol. The average molecular weight is 318 g/mol. The standard InChI is InChI=1S/C22H26N2/c1-17-7-5-10-20(23-17)13-19-14-21-11-6-12-22(15-19)24(21)16-18-8-3-2-4-9-18/h2-5,7-10,14,21-22H,6,11-13,15-16H2,1H3. The number of aromatic nitrogens is 1. The number of hydrogen-bond acceptors (Lipinski definition) is 2. The molecule has 0 radical (unpaired) electrons. The van der Waals surface area contributed by atoms with Crippen LogP contribution in [0.15, 0.2) is 60.2 Å². The molecule has 0 spiro atoms. The quantitative estimate of drug-likeness (QED) is 0.761. The molecule has 4 rings (SSSR count). The number of piperidine rings is 1. The van der Waals surface area contributed by atoms with E-state index in [1.54, 1.807) is 5.57 Å². The first kappa shape index (κ1) is 15.6. The van der Waals surface area contributed by atoms with Crippen LogP contribution in [0.3, 0.4) is 0 Å². The fourth-order valence-electron chi connectivity index (χ4n) is 4.31. The molecule has 2 heteroatoms. The minimum atomic E-state index is 0.609. The smallest absolute Gasteiger partial charge is 0.0447 e. The van der Waals surface area contributed by atoms with Gasteiger partial charge in [0.25, 0.3) is 0 Å². The third-order valence-electron chi connectivity index (χ3n) is 5.42. The monoisotopic (exact) mass is 318 g/mol. The van der Waals surface area contributed by atoms with Gasteiger partial charge in [-0.25, -0.2) is 0 Å². The van der Waals surface area contributed by atoms with Gasteiger partial charge < -0.3 is 0 Å². The van der Waals surface area contributed by atoms with Crippen molar-refractivity contribution < 1.29 is 0 Å². The van der Waals surface area contributed by atoms with Crippen LogP contribution in [0.5, 0.6) is 0 Å². The number of nitrogens with zero attached hydrogens (tertiary/aromatic N) is 2. The second-order valence-electron chi connectivity index (χ2n) is 7.29. The van der Waals surface area contributed by atoms with E-state index in [0.29, 0.717) is 12.1 Å². The molecule has 1 fully saturated rings. The number of pyridine rings is 1. The summed E-state index contributed by atoms with van der Waals surface area (Å²) in [5.41, 5.74) is 5.37. The minimum Gasteiger partial charge on any atom is -0.289 e. The Morgan fingerprint density at radius 3 is 2.71 bits per heavy atom. The molecule has 2 aromatic rings. The van der Waals surface area contributed by atoms with Gasteiger partial charge in [-0.3, -0.25) is 9.88 Å². The van der Waals surface area contributed by atoms with Gasteiger partial charge in [-0.05, 0) is 43.9 Å². The van der Waals surface area contributed by atoms with E-state index in [1.807, 2.05) is 0 Å². The lowest BCUT2D eigenvalue weighted by molar-refractivity contribution is 0.0880. The highest BCUT2D eigenvalue weighted by atomic mass is 15.2. The van der Waals surface area contributed by atoms with E-state index in [4.69, 9.17) is 4.98 Å². The highest BCUT2D eigenvalue weighted by Gasteiger charge is 2.33. The molecule has 0 aliphatic carbocycles. The lowest BCUT2D eigenvalue weighted by Gasteiger charge is -2.45. The Balaban J connectivity index is 1.51. The van der Waals surface area contributed by atoms with Gasteiger partial charge in [0.15, 0.2) is 0 Å². The molecule has 1 aromatic carbocycles. The van der Waals surface area contributed by atoms with E-state index in [1.165, 1.54) is 36.9 Å². The van der Waals surface area contributed by atoms with Crippen molar-refractivity contribution in [2.24, 2.45) is 0 Å². The molecule has 3 heterocycles. The van der Waals surface area contributed by atoms with Crippen molar-refractivity contribution in [2.75, 3.05) is 0 Å². The van der Waals surface area contributed by atoms with Gasteiger partial charge in [-0.15, -0.1) is 0 Å². The van der Waals surface area contributed by atoms with Gasteiger partial charge in [0.1, 0.15) is 0 Å². The van der Waals surface area contributed by atoms with Crippen molar-refractivity contribution >= 4 is 0 Å². The lowest BCUT2D eigenvalue weighted by Crippen LogP contribution is -2.48. The SMILES string of the molecule is Cc1cccc(CC2=CC3CCCC(C2)N3Cc2ccccc2)n1. The highest BCUT2D eigenvalue weighted by Crippen LogP contribution is 2.35. The van der Waals surface area contributed by atoms with Crippen LogP contribution in [0.25, 0.3) is 0 Å². The van der Waals surface area contributed by atoms with Gasteiger partial charge in [-0.2, -0.15) is 0 Å². The van der Waals surface area contributed by atoms with Crippen LogP contribution in [0.1, 0.15) is 42.6 Å². The van der Waals surface area contributed by atoms with E-state index in [2.05, 4.69) is 66.4 Å². The normalized spacial score (nSPS) is 23.8. The number of rotatable bonds is 4. The van der Waals surface area contributed by atoms with Crippen LogP contribution in [-0.2, 0) is 13.0 Å². The maximum atomic E-state index is 4.69. The van der Waals surface area contributed by atoms with Gasteiger partial charge in [0.2, 0.25) is 0 Å². The van der Waals surface area contributed by atoms with Crippen molar-refractivity contribution in [2.45, 2.75) is 57.7 Å². The van der Waals surface area contributed by atoms with Crippen LogP contribution in [-0.4, -0.2) is 22.0 Å². The molecule has 2 atom stereocenters. The molecule has 2 bridgehead atoms. The molecule has 0 saturated carbocycles.